The maximum atomic E-state index is 5.78. The van der Waals surface area contributed by atoms with Crippen LogP contribution in [0.2, 0.25) is 0 Å². The van der Waals surface area contributed by atoms with Crippen LogP contribution in [0.25, 0.3) is 0 Å². The van der Waals surface area contributed by atoms with Gasteiger partial charge in [-0.05, 0) is 25.2 Å². The Hall–Kier alpha value is -0.640. The Labute approximate surface area is 103 Å². The number of hydrogen-bond acceptors (Lipinski definition) is 3. The smallest absolute Gasteiger partial charge is 0.282 e. The zero-order valence-electron chi connectivity index (χ0n) is 10.4. The number of hydrogen-bond donors (Lipinski definition) is 0. The van der Waals surface area contributed by atoms with Crippen molar-refractivity contribution in [2.24, 2.45) is 11.8 Å². The van der Waals surface area contributed by atoms with Crippen LogP contribution in [0.1, 0.15) is 25.7 Å². The van der Waals surface area contributed by atoms with E-state index in [0.717, 1.165) is 25.7 Å². The van der Waals surface area contributed by atoms with Crippen LogP contribution < -0.4 is 0 Å². The molecule has 1 spiro atoms. The van der Waals surface area contributed by atoms with E-state index in [2.05, 4.69) is 13.2 Å². The van der Waals surface area contributed by atoms with Crippen LogP contribution in [0.3, 0.4) is 0 Å². The highest BCUT2D eigenvalue weighted by atomic mass is 16.9. The first kappa shape index (κ1) is 12.8. The molecule has 0 bridgehead atoms. The van der Waals surface area contributed by atoms with Crippen molar-refractivity contribution < 1.29 is 14.2 Å². The molecule has 2 aliphatic heterocycles. The molecule has 2 heterocycles. The van der Waals surface area contributed by atoms with Gasteiger partial charge in [0.25, 0.3) is 5.97 Å². The summed E-state index contributed by atoms with van der Waals surface area (Å²) in [6.45, 7) is 9.62. The van der Waals surface area contributed by atoms with Gasteiger partial charge in [0.1, 0.15) is 0 Å². The minimum absolute atomic E-state index is 0.424. The van der Waals surface area contributed by atoms with Crippen molar-refractivity contribution in [3.63, 3.8) is 0 Å². The van der Waals surface area contributed by atoms with Gasteiger partial charge in [0.15, 0.2) is 0 Å². The maximum Gasteiger partial charge on any atom is 0.282 e. The largest absolute Gasteiger partial charge is 0.327 e. The molecule has 0 saturated carbocycles. The molecule has 0 amide bonds. The van der Waals surface area contributed by atoms with Gasteiger partial charge >= 0.3 is 0 Å². The molecule has 0 aromatic rings. The second kappa shape index (κ2) is 5.80. The highest BCUT2D eigenvalue weighted by molar-refractivity contribution is 4.81. The summed E-state index contributed by atoms with van der Waals surface area (Å²) in [5.74, 6) is 0.235. The standard InChI is InChI=1S/C14H22O3/c1-3-5-12-7-8-14(15-9-12)16-10-13(6-4-2)11-17-14/h3-4,12-13H,1-2,5-11H2. The van der Waals surface area contributed by atoms with Crippen molar-refractivity contribution in [3.8, 4) is 0 Å². The van der Waals surface area contributed by atoms with Crippen LogP contribution in [0.15, 0.2) is 25.3 Å². The van der Waals surface area contributed by atoms with Gasteiger partial charge in [-0.2, -0.15) is 0 Å². The van der Waals surface area contributed by atoms with E-state index in [1.54, 1.807) is 0 Å². The molecule has 96 valence electrons. The molecule has 0 aromatic carbocycles. The molecular weight excluding hydrogens is 216 g/mol. The van der Waals surface area contributed by atoms with E-state index in [0.29, 0.717) is 31.7 Å². The van der Waals surface area contributed by atoms with Crippen molar-refractivity contribution in [1.29, 1.82) is 0 Å². The highest BCUT2D eigenvalue weighted by Crippen LogP contribution is 2.35. The summed E-state index contributed by atoms with van der Waals surface area (Å²) in [4.78, 5) is 0. The minimum Gasteiger partial charge on any atom is -0.327 e. The van der Waals surface area contributed by atoms with Crippen molar-refractivity contribution in [2.75, 3.05) is 19.8 Å². The van der Waals surface area contributed by atoms with Gasteiger partial charge in [-0.3, -0.25) is 0 Å². The Kier molecular flexibility index (Phi) is 4.37. The average molecular weight is 238 g/mol. The molecule has 2 aliphatic rings. The van der Waals surface area contributed by atoms with Crippen LogP contribution in [0.5, 0.6) is 0 Å². The van der Waals surface area contributed by atoms with E-state index in [1.807, 2.05) is 12.2 Å². The lowest BCUT2D eigenvalue weighted by atomic mass is 9.96. The molecule has 0 aromatic heterocycles. The predicted molar refractivity (Wildman–Crippen MR) is 66.4 cm³/mol. The first-order chi connectivity index (χ1) is 8.28. The second-order valence-electron chi connectivity index (χ2n) is 4.94. The number of rotatable bonds is 4. The predicted octanol–water partition coefficient (Wildman–Crippen LogP) is 2.88. The normalized spacial score (nSPS) is 37.9. The third kappa shape index (κ3) is 3.18. The molecule has 17 heavy (non-hydrogen) atoms. The van der Waals surface area contributed by atoms with Crippen molar-refractivity contribution in [2.45, 2.75) is 31.7 Å². The van der Waals surface area contributed by atoms with Crippen LogP contribution >= 0.6 is 0 Å². The van der Waals surface area contributed by atoms with E-state index in [4.69, 9.17) is 14.2 Å². The Morgan fingerprint density at radius 1 is 0.941 bits per heavy atom. The fraction of sp³-hybridized carbons (Fsp3) is 0.714. The maximum absolute atomic E-state index is 5.78. The van der Waals surface area contributed by atoms with E-state index in [9.17, 15) is 0 Å². The SMILES string of the molecule is C=CCC1CCC2(OC1)OCC(CC=C)CO2. The molecule has 0 N–H and O–H groups in total. The fourth-order valence-electron chi connectivity index (χ4n) is 2.38. The van der Waals surface area contributed by atoms with Gasteiger partial charge in [-0.15, -0.1) is 13.2 Å². The molecule has 0 aliphatic carbocycles. The lowest BCUT2D eigenvalue weighted by Crippen LogP contribution is -2.49. The molecule has 2 fully saturated rings. The van der Waals surface area contributed by atoms with Gasteiger partial charge in [0.05, 0.1) is 19.8 Å². The molecule has 3 heteroatoms. The second-order valence-corrected chi connectivity index (χ2v) is 4.94. The monoisotopic (exact) mass is 238 g/mol. The van der Waals surface area contributed by atoms with E-state index < -0.39 is 5.97 Å². The zero-order valence-corrected chi connectivity index (χ0v) is 10.4. The summed E-state index contributed by atoms with van der Waals surface area (Å²) in [5, 5.41) is 0. The first-order valence-corrected chi connectivity index (χ1v) is 6.41. The van der Waals surface area contributed by atoms with Gasteiger partial charge in [0, 0.05) is 12.3 Å². The summed E-state index contributed by atoms with van der Waals surface area (Å²) in [6, 6.07) is 0. The summed E-state index contributed by atoms with van der Waals surface area (Å²) >= 11 is 0. The van der Waals surface area contributed by atoms with Gasteiger partial charge in [0.2, 0.25) is 0 Å². The van der Waals surface area contributed by atoms with E-state index in [1.165, 1.54) is 0 Å². The summed E-state index contributed by atoms with van der Waals surface area (Å²) in [6.07, 6.45) is 7.72. The van der Waals surface area contributed by atoms with Crippen molar-refractivity contribution in [1.82, 2.24) is 0 Å². The summed E-state index contributed by atoms with van der Waals surface area (Å²) in [5.41, 5.74) is 0. The number of ether oxygens (including phenoxy) is 3. The van der Waals surface area contributed by atoms with E-state index in [-0.39, 0.29) is 0 Å². The zero-order chi connectivity index (χ0) is 12.1. The highest BCUT2D eigenvalue weighted by Gasteiger charge is 2.42. The first-order valence-electron chi connectivity index (χ1n) is 6.41. The van der Waals surface area contributed by atoms with Crippen LogP contribution in [-0.2, 0) is 14.2 Å². The molecule has 3 nitrogen and oxygen atoms in total. The quantitative estimate of drug-likeness (QED) is 0.705. The Morgan fingerprint density at radius 3 is 1.94 bits per heavy atom. The number of allylic oxidation sites excluding steroid dienone is 2. The fourth-order valence-corrected chi connectivity index (χ4v) is 2.38. The van der Waals surface area contributed by atoms with Gasteiger partial charge < -0.3 is 14.2 Å². The topological polar surface area (TPSA) is 27.7 Å². The lowest BCUT2D eigenvalue weighted by molar-refractivity contribution is -0.423. The molecule has 0 radical (unpaired) electrons. The Morgan fingerprint density at radius 2 is 1.47 bits per heavy atom. The third-order valence-corrected chi connectivity index (χ3v) is 3.48. The molecule has 2 rings (SSSR count). The third-order valence-electron chi connectivity index (χ3n) is 3.48. The molecule has 1 atom stereocenters. The van der Waals surface area contributed by atoms with Gasteiger partial charge in [-0.25, -0.2) is 0 Å². The lowest BCUT2D eigenvalue weighted by Gasteiger charge is -2.43. The van der Waals surface area contributed by atoms with Crippen molar-refractivity contribution in [3.05, 3.63) is 25.3 Å². The Balaban J connectivity index is 1.79. The average Bonchev–Trinajstić information content (AvgIpc) is 2.36. The van der Waals surface area contributed by atoms with E-state index >= 15 is 0 Å². The summed E-state index contributed by atoms with van der Waals surface area (Å²) < 4.78 is 17.3. The molecule has 1 unspecified atom stereocenters. The Bertz CT molecular complexity index is 227. The molecule has 2 saturated heterocycles. The van der Waals surface area contributed by atoms with Crippen LogP contribution in [-0.4, -0.2) is 25.8 Å². The van der Waals surface area contributed by atoms with Gasteiger partial charge in [-0.1, -0.05) is 12.2 Å². The minimum atomic E-state index is -0.755. The molecular formula is C14H22O3. The van der Waals surface area contributed by atoms with Crippen LogP contribution in [0, 0.1) is 11.8 Å². The summed E-state index contributed by atoms with van der Waals surface area (Å²) in [7, 11) is 0. The van der Waals surface area contributed by atoms with Crippen molar-refractivity contribution >= 4 is 0 Å². The van der Waals surface area contributed by atoms with Crippen LogP contribution in [0.4, 0.5) is 0 Å².